The van der Waals surface area contributed by atoms with Gasteiger partial charge in [-0.15, -0.1) is 0 Å². The third-order valence-corrected chi connectivity index (χ3v) is 1.88. The van der Waals surface area contributed by atoms with Crippen LogP contribution in [0.1, 0.15) is 20.8 Å². The summed E-state index contributed by atoms with van der Waals surface area (Å²) in [4.78, 5) is 28.0. The number of carbonyl (C=O) groups is 1. The Bertz CT molecular complexity index is 289. The molecule has 0 aromatic heterocycles. The molecule has 6 nitrogen and oxygen atoms in total. The van der Waals surface area contributed by atoms with Gasteiger partial charge in [0.2, 0.25) is 0 Å². The summed E-state index contributed by atoms with van der Waals surface area (Å²) in [6.45, 7) is 4.47. The second kappa shape index (κ2) is 5.14. The molecule has 0 radical (unpaired) electrons. The normalized spacial score (nSPS) is 13.2. The summed E-state index contributed by atoms with van der Waals surface area (Å²) in [5, 5.41) is 0. The van der Waals surface area contributed by atoms with Crippen molar-refractivity contribution in [2.75, 3.05) is 6.61 Å². The number of phosphoric acid groups is 1. The van der Waals surface area contributed by atoms with Gasteiger partial charge < -0.3 is 9.26 Å². The molecule has 0 saturated heterocycles. The third-order valence-electron chi connectivity index (χ3n) is 1.37. The van der Waals surface area contributed by atoms with Crippen molar-refractivity contribution in [2.24, 2.45) is 0 Å². The molecular weight excluding hydrogens is 211 g/mol. The SMILES string of the molecule is CCOC(=O)C(C)=C(C)OP(=O)(O)O. The smallest absolute Gasteiger partial charge is 0.463 e. The lowest BCUT2D eigenvalue weighted by atomic mass is 10.3. The lowest BCUT2D eigenvalue weighted by Crippen LogP contribution is -2.07. The van der Waals surface area contributed by atoms with Gasteiger partial charge in [0.15, 0.2) is 0 Å². The first-order chi connectivity index (χ1) is 6.28. The molecule has 0 aliphatic heterocycles. The minimum absolute atomic E-state index is 0.0372. The highest BCUT2D eigenvalue weighted by molar-refractivity contribution is 7.46. The van der Waals surface area contributed by atoms with Crippen molar-refractivity contribution < 1.29 is 28.4 Å². The number of allylic oxidation sites excluding steroid dienone is 1. The van der Waals surface area contributed by atoms with Crippen LogP contribution in [-0.4, -0.2) is 22.4 Å². The second-order valence-corrected chi connectivity index (χ2v) is 3.65. The number of hydrogen-bond donors (Lipinski definition) is 2. The Kier molecular flexibility index (Phi) is 4.83. The van der Waals surface area contributed by atoms with E-state index in [1.807, 2.05) is 0 Å². The Balaban J connectivity index is 4.59. The minimum Gasteiger partial charge on any atom is -0.463 e. The zero-order valence-electron chi connectivity index (χ0n) is 8.18. The summed E-state index contributed by atoms with van der Waals surface area (Å²) >= 11 is 0. The number of phosphoric ester groups is 1. The Morgan fingerprint density at radius 3 is 2.21 bits per heavy atom. The molecule has 0 bridgehead atoms. The number of rotatable bonds is 4. The molecule has 0 spiro atoms. The lowest BCUT2D eigenvalue weighted by molar-refractivity contribution is -0.138. The fourth-order valence-electron chi connectivity index (χ4n) is 0.630. The van der Waals surface area contributed by atoms with Gasteiger partial charge in [0.05, 0.1) is 12.2 Å². The fourth-order valence-corrected chi connectivity index (χ4v) is 1.12. The predicted molar refractivity (Wildman–Crippen MR) is 48.1 cm³/mol. The summed E-state index contributed by atoms with van der Waals surface area (Å²) in [6.07, 6.45) is 0. The van der Waals surface area contributed by atoms with Crippen molar-refractivity contribution in [2.45, 2.75) is 20.8 Å². The molecule has 0 aliphatic carbocycles. The molecule has 0 fully saturated rings. The van der Waals surface area contributed by atoms with Crippen LogP contribution in [0.3, 0.4) is 0 Å². The van der Waals surface area contributed by atoms with E-state index in [0.717, 1.165) is 0 Å². The maximum Gasteiger partial charge on any atom is 0.524 e. The molecule has 2 N–H and O–H groups in total. The summed E-state index contributed by atoms with van der Waals surface area (Å²) in [5.41, 5.74) is 0.0372. The van der Waals surface area contributed by atoms with Crippen molar-refractivity contribution in [1.82, 2.24) is 0 Å². The molecule has 0 heterocycles. The van der Waals surface area contributed by atoms with Crippen LogP contribution in [0.15, 0.2) is 11.3 Å². The maximum absolute atomic E-state index is 11.1. The van der Waals surface area contributed by atoms with E-state index in [4.69, 9.17) is 9.79 Å². The zero-order chi connectivity index (χ0) is 11.4. The Labute approximate surface area is 81.8 Å². The summed E-state index contributed by atoms with van der Waals surface area (Å²) in [7, 11) is -4.60. The maximum atomic E-state index is 11.1. The van der Waals surface area contributed by atoms with Gasteiger partial charge >= 0.3 is 13.8 Å². The van der Waals surface area contributed by atoms with Crippen LogP contribution in [0.4, 0.5) is 0 Å². The molecule has 14 heavy (non-hydrogen) atoms. The summed E-state index contributed by atoms with van der Waals surface area (Å²) < 4.78 is 19.2. The van der Waals surface area contributed by atoms with Crippen LogP contribution in [0.5, 0.6) is 0 Å². The predicted octanol–water partition coefficient (Wildman–Crippen LogP) is 0.953. The van der Waals surface area contributed by atoms with Crippen LogP contribution in [0.25, 0.3) is 0 Å². The number of esters is 1. The first kappa shape index (κ1) is 13.2. The highest BCUT2D eigenvalue weighted by Crippen LogP contribution is 2.39. The van der Waals surface area contributed by atoms with Gasteiger partial charge in [-0.25, -0.2) is 9.36 Å². The van der Waals surface area contributed by atoms with E-state index < -0.39 is 13.8 Å². The molecule has 0 aromatic carbocycles. The molecule has 0 amide bonds. The largest absolute Gasteiger partial charge is 0.524 e. The average Bonchev–Trinajstić information content (AvgIpc) is 2.00. The fraction of sp³-hybridized carbons (Fsp3) is 0.571. The van der Waals surface area contributed by atoms with E-state index in [1.165, 1.54) is 13.8 Å². The van der Waals surface area contributed by atoms with Gasteiger partial charge in [-0.3, -0.25) is 9.79 Å². The van der Waals surface area contributed by atoms with Crippen molar-refractivity contribution in [3.05, 3.63) is 11.3 Å². The van der Waals surface area contributed by atoms with Crippen molar-refractivity contribution in [3.8, 4) is 0 Å². The van der Waals surface area contributed by atoms with Gasteiger partial charge in [-0.05, 0) is 20.8 Å². The average molecular weight is 224 g/mol. The van der Waals surface area contributed by atoms with Gasteiger partial charge in [-0.1, -0.05) is 0 Å². The van der Waals surface area contributed by atoms with Crippen LogP contribution < -0.4 is 0 Å². The lowest BCUT2D eigenvalue weighted by Gasteiger charge is -2.09. The number of ether oxygens (including phenoxy) is 1. The van der Waals surface area contributed by atoms with Gasteiger partial charge in [0.1, 0.15) is 5.76 Å². The Morgan fingerprint density at radius 1 is 1.36 bits per heavy atom. The monoisotopic (exact) mass is 224 g/mol. The topological polar surface area (TPSA) is 93.1 Å². The molecule has 7 heteroatoms. The van der Waals surface area contributed by atoms with E-state index >= 15 is 0 Å². The third kappa shape index (κ3) is 5.01. The molecule has 0 atom stereocenters. The highest BCUT2D eigenvalue weighted by Gasteiger charge is 2.19. The molecule has 0 unspecified atom stereocenters. The van der Waals surface area contributed by atoms with Gasteiger partial charge in [0, 0.05) is 0 Å². The molecule has 0 saturated carbocycles. The number of carbonyl (C=O) groups excluding carboxylic acids is 1. The molecule has 0 aromatic rings. The van der Waals surface area contributed by atoms with Crippen LogP contribution in [0, 0.1) is 0 Å². The van der Waals surface area contributed by atoms with Crippen LogP contribution in [0.2, 0.25) is 0 Å². The second-order valence-electron chi connectivity index (χ2n) is 2.48. The summed E-state index contributed by atoms with van der Waals surface area (Å²) in [5.74, 6) is -0.796. The highest BCUT2D eigenvalue weighted by atomic mass is 31.2. The van der Waals surface area contributed by atoms with Crippen molar-refractivity contribution in [3.63, 3.8) is 0 Å². The van der Waals surface area contributed by atoms with E-state index in [1.54, 1.807) is 6.92 Å². The van der Waals surface area contributed by atoms with Crippen LogP contribution in [-0.2, 0) is 18.6 Å². The van der Waals surface area contributed by atoms with E-state index in [2.05, 4.69) is 9.26 Å². The standard InChI is InChI=1S/C7H13O6P/c1-4-12-7(8)5(2)6(3)13-14(9,10)11/h4H2,1-3H3,(H2,9,10,11). The van der Waals surface area contributed by atoms with Crippen molar-refractivity contribution >= 4 is 13.8 Å². The quantitative estimate of drug-likeness (QED) is 0.319. The Morgan fingerprint density at radius 2 is 1.86 bits per heavy atom. The zero-order valence-corrected chi connectivity index (χ0v) is 9.08. The van der Waals surface area contributed by atoms with Crippen molar-refractivity contribution in [1.29, 1.82) is 0 Å². The first-order valence-corrected chi connectivity index (χ1v) is 5.40. The van der Waals surface area contributed by atoms with E-state index in [9.17, 15) is 9.36 Å². The van der Waals surface area contributed by atoms with Gasteiger partial charge in [-0.2, -0.15) is 0 Å². The van der Waals surface area contributed by atoms with Gasteiger partial charge in [0.25, 0.3) is 0 Å². The number of hydrogen-bond acceptors (Lipinski definition) is 4. The van der Waals surface area contributed by atoms with E-state index in [-0.39, 0.29) is 17.9 Å². The molecule has 0 rings (SSSR count). The molecular formula is C7H13O6P. The Hall–Kier alpha value is -0.840. The van der Waals surface area contributed by atoms with E-state index in [0.29, 0.717) is 0 Å². The molecule has 82 valence electrons. The molecule has 0 aliphatic rings. The minimum atomic E-state index is -4.60. The van der Waals surface area contributed by atoms with Crippen LogP contribution >= 0.6 is 7.82 Å². The summed E-state index contributed by atoms with van der Waals surface area (Å²) in [6, 6.07) is 0. The first-order valence-electron chi connectivity index (χ1n) is 3.87.